The highest BCUT2D eigenvalue weighted by Gasteiger charge is 2.42. The summed E-state index contributed by atoms with van der Waals surface area (Å²) >= 11 is 5.53. The maximum Gasteiger partial charge on any atom is 0.325 e. The average molecular weight is 483 g/mol. The topological polar surface area (TPSA) is 120 Å². The Morgan fingerprint density at radius 3 is 2.79 bits per heavy atom. The summed E-state index contributed by atoms with van der Waals surface area (Å²) in [6, 6.07) is 12.5. The van der Waals surface area contributed by atoms with Crippen LogP contribution in [0, 0.1) is 10.1 Å². The number of nitro groups is 1. The van der Waals surface area contributed by atoms with Crippen molar-refractivity contribution < 1.29 is 23.6 Å². The Morgan fingerprint density at radius 2 is 2.12 bits per heavy atom. The molecule has 1 aromatic carbocycles. The van der Waals surface area contributed by atoms with Gasteiger partial charge in [0.25, 0.3) is 5.69 Å². The van der Waals surface area contributed by atoms with E-state index < -0.39 is 16.9 Å². The molecule has 1 fully saturated rings. The number of rotatable bonds is 8. The van der Waals surface area contributed by atoms with Gasteiger partial charge in [-0.3, -0.25) is 19.9 Å². The van der Waals surface area contributed by atoms with Crippen molar-refractivity contribution in [3.63, 3.8) is 0 Å². The van der Waals surface area contributed by atoms with Crippen LogP contribution >= 0.6 is 12.2 Å². The Kier molecular flexibility index (Phi) is 6.73. The van der Waals surface area contributed by atoms with Gasteiger partial charge in [0.1, 0.15) is 29.9 Å². The molecule has 1 aliphatic rings. The van der Waals surface area contributed by atoms with Gasteiger partial charge in [-0.05, 0) is 49.5 Å². The highest BCUT2D eigenvalue weighted by molar-refractivity contribution is 7.80. The minimum Gasteiger partial charge on any atom is -0.496 e. The molecule has 11 heteroatoms. The number of hydrogen-bond donors (Lipinski definition) is 1. The fourth-order valence-electron chi connectivity index (χ4n) is 3.88. The van der Waals surface area contributed by atoms with Crippen LogP contribution in [0.25, 0.3) is 11.3 Å². The van der Waals surface area contributed by atoms with Gasteiger partial charge in [0.2, 0.25) is 0 Å². The zero-order chi connectivity index (χ0) is 24.2. The number of aromatic nitrogens is 1. The lowest BCUT2D eigenvalue weighted by molar-refractivity contribution is -0.384. The van der Waals surface area contributed by atoms with E-state index in [1.807, 2.05) is 18.2 Å². The van der Waals surface area contributed by atoms with Crippen molar-refractivity contribution in [3.8, 4) is 17.1 Å². The Hall–Kier alpha value is -3.99. The lowest BCUT2D eigenvalue weighted by Gasteiger charge is -2.25. The largest absolute Gasteiger partial charge is 0.496 e. The molecule has 0 bridgehead atoms. The first-order valence-corrected chi connectivity index (χ1v) is 10.9. The lowest BCUT2D eigenvalue weighted by atomic mass is 10.0. The number of nitrogens with one attached hydrogen (secondary N) is 1. The quantitative estimate of drug-likeness (QED) is 0.220. The van der Waals surface area contributed by atoms with Crippen molar-refractivity contribution in [1.82, 2.24) is 15.2 Å². The molecule has 3 heterocycles. The number of nitro benzene ring substituents is 1. The number of carbonyl (C=O) groups is 1. The van der Waals surface area contributed by atoms with Gasteiger partial charge in [-0.15, -0.1) is 0 Å². The summed E-state index contributed by atoms with van der Waals surface area (Å²) in [5, 5.41) is 14.7. The van der Waals surface area contributed by atoms with E-state index >= 15 is 0 Å². The molecule has 2 atom stereocenters. The number of ether oxygens (including phenoxy) is 2. The van der Waals surface area contributed by atoms with Crippen LogP contribution in [-0.2, 0) is 9.53 Å². The van der Waals surface area contributed by atoms with Crippen LogP contribution in [0.4, 0.5) is 5.69 Å². The Labute approximate surface area is 200 Å². The molecule has 1 aliphatic heterocycles. The lowest BCUT2D eigenvalue weighted by Crippen LogP contribution is -2.35. The van der Waals surface area contributed by atoms with E-state index in [1.54, 1.807) is 36.2 Å². The average Bonchev–Trinajstić information content (AvgIpc) is 3.44. The molecule has 0 spiro atoms. The minimum atomic E-state index is -0.490. The predicted octanol–water partition coefficient (Wildman–Crippen LogP) is 3.79. The molecule has 3 aromatic rings. The fourth-order valence-corrected chi connectivity index (χ4v) is 4.19. The Balaban J connectivity index is 1.73. The highest BCUT2D eigenvalue weighted by atomic mass is 32.1. The summed E-state index contributed by atoms with van der Waals surface area (Å²) in [5.74, 6) is 0.875. The molecule has 2 aromatic heterocycles. The number of pyridine rings is 1. The first-order chi connectivity index (χ1) is 16.4. The van der Waals surface area contributed by atoms with Gasteiger partial charge in [0, 0.05) is 12.3 Å². The molecule has 0 unspecified atom stereocenters. The van der Waals surface area contributed by atoms with Gasteiger partial charge in [-0.1, -0.05) is 6.07 Å². The van der Waals surface area contributed by atoms with Crippen LogP contribution in [-0.4, -0.2) is 46.2 Å². The second-order valence-electron chi connectivity index (χ2n) is 7.40. The smallest absolute Gasteiger partial charge is 0.325 e. The molecular formula is C23H22N4O6S. The third-order valence-electron chi connectivity index (χ3n) is 5.38. The van der Waals surface area contributed by atoms with E-state index in [2.05, 4.69) is 10.3 Å². The standard InChI is InChI=1S/C23H22N4O6S/c1-3-32-20(28)13-26-22(21(25-23(26)34)16-6-4-5-11-24-16)18-10-9-17(33-18)15-8-7-14(27(29)30)12-19(15)31-2/h4-12,21-22H,3,13H2,1-2H3,(H,25,34)/t21-,22+/m0/s1. The first-order valence-electron chi connectivity index (χ1n) is 10.5. The van der Waals surface area contributed by atoms with Crippen LogP contribution in [0.3, 0.4) is 0 Å². The number of benzene rings is 1. The Bertz CT molecular complexity index is 1220. The number of non-ortho nitro benzene ring substituents is 1. The molecule has 4 rings (SSSR count). The number of hydrogen-bond acceptors (Lipinski definition) is 8. The van der Waals surface area contributed by atoms with E-state index in [1.165, 1.54) is 19.2 Å². The SMILES string of the molecule is CCOC(=O)CN1C(=S)N[C@@H](c2ccccn2)[C@H]1c1ccc(-c2ccc([N+](=O)[O-])cc2OC)o1. The summed E-state index contributed by atoms with van der Waals surface area (Å²) in [6.07, 6.45) is 1.68. The van der Waals surface area contributed by atoms with Crippen molar-refractivity contribution in [3.05, 3.63) is 76.3 Å². The number of methoxy groups -OCH3 is 1. The van der Waals surface area contributed by atoms with Gasteiger partial charge in [0.15, 0.2) is 5.11 Å². The minimum absolute atomic E-state index is 0.0649. The monoisotopic (exact) mass is 482 g/mol. The second-order valence-corrected chi connectivity index (χ2v) is 7.79. The van der Waals surface area contributed by atoms with E-state index in [0.717, 1.165) is 5.69 Å². The fraction of sp³-hybridized carbons (Fsp3) is 0.261. The zero-order valence-electron chi connectivity index (χ0n) is 18.5. The second kappa shape index (κ2) is 9.87. The van der Waals surface area contributed by atoms with Crippen LogP contribution in [0.15, 0.2) is 59.1 Å². The van der Waals surface area contributed by atoms with Crippen molar-refractivity contribution >= 4 is 29.0 Å². The summed E-state index contributed by atoms with van der Waals surface area (Å²) in [4.78, 5) is 29.1. The van der Waals surface area contributed by atoms with Crippen LogP contribution in [0.1, 0.15) is 30.5 Å². The van der Waals surface area contributed by atoms with Crippen molar-refractivity contribution in [2.45, 2.75) is 19.0 Å². The van der Waals surface area contributed by atoms with Crippen molar-refractivity contribution in [1.29, 1.82) is 0 Å². The number of nitrogens with zero attached hydrogens (tertiary/aromatic N) is 3. The molecule has 10 nitrogen and oxygen atoms in total. The first kappa shape index (κ1) is 23.2. The maximum atomic E-state index is 12.3. The molecule has 0 saturated carbocycles. The van der Waals surface area contributed by atoms with Crippen LogP contribution in [0.2, 0.25) is 0 Å². The van der Waals surface area contributed by atoms with E-state index in [0.29, 0.717) is 27.9 Å². The predicted molar refractivity (Wildman–Crippen MR) is 126 cm³/mol. The van der Waals surface area contributed by atoms with Gasteiger partial charge < -0.3 is 24.1 Å². The molecule has 1 saturated heterocycles. The third kappa shape index (κ3) is 4.55. The highest BCUT2D eigenvalue weighted by Crippen LogP contribution is 2.42. The third-order valence-corrected chi connectivity index (χ3v) is 5.73. The van der Waals surface area contributed by atoms with Crippen molar-refractivity contribution in [2.24, 2.45) is 0 Å². The van der Waals surface area contributed by atoms with Gasteiger partial charge >= 0.3 is 5.97 Å². The normalized spacial score (nSPS) is 17.4. The van der Waals surface area contributed by atoms with E-state index in [-0.39, 0.29) is 24.9 Å². The van der Waals surface area contributed by atoms with Gasteiger partial charge in [-0.25, -0.2) is 0 Å². The van der Waals surface area contributed by atoms with Crippen LogP contribution in [0.5, 0.6) is 5.75 Å². The number of esters is 1. The van der Waals surface area contributed by atoms with Crippen LogP contribution < -0.4 is 10.1 Å². The summed E-state index contributed by atoms with van der Waals surface area (Å²) < 4.78 is 16.7. The van der Waals surface area contributed by atoms with Crippen molar-refractivity contribution in [2.75, 3.05) is 20.3 Å². The van der Waals surface area contributed by atoms with E-state index in [9.17, 15) is 14.9 Å². The van der Waals surface area contributed by atoms with Gasteiger partial charge in [-0.2, -0.15) is 0 Å². The van der Waals surface area contributed by atoms with Gasteiger partial charge in [0.05, 0.1) is 42.0 Å². The maximum absolute atomic E-state index is 12.3. The number of furan rings is 1. The molecule has 1 N–H and O–H groups in total. The molecule has 176 valence electrons. The number of thiocarbonyl (C=S) groups is 1. The molecule has 34 heavy (non-hydrogen) atoms. The summed E-state index contributed by atoms with van der Waals surface area (Å²) in [7, 11) is 1.43. The molecule has 0 aliphatic carbocycles. The Morgan fingerprint density at radius 1 is 1.29 bits per heavy atom. The number of carbonyl (C=O) groups excluding carboxylic acids is 1. The molecule has 0 amide bonds. The van der Waals surface area contributed by atoms with E-state index in [4.69, 9.17) is 26.1 Å². The molecular weight excluding hydrogens is 460 g/mol. The summed E-state index contributed by atoms with van der Waals surface area (Å²) in [6.45, 7) is 1.93. The summed E-state index contributed by atoms with van der Waals surface area (Å²) in [5.41, 5.74) is 1.19. The zero-order valence-corrected chi connectivity index (χ0v) is 19.3. The molecule has 0 radical (unpaired) electrons.